The van der Waals surface area contributed by atoms with Gasteiger partial charge in [-0.15, -0.1) is 0 Å². The lowest BCUT2D eigenvalue weighted by Gasteiger charge is -2.08. The number of aromatic nitrogens is 1. The van der Waals surface area contributed by atoms with Crippen LogP contribution in [0.5, 0.6) is 5.75 Å². The van der Waals surface area contributed by atoms with Gasteiger partial charge >= 0.3 is 0 Å². The summed E-state index contributed by atoms with van der Waals surface area (Å²) >= 11 is 0. The monoisotopic (exact) mass is 258 g/mol. The Morgan fingerprint density at radius 2 is 2.11 bits per heavy atom. The standard InChI is InChI=1S/C16H22N2O/c1-2-3-4-9-17-11-12-19-15-8-7-14-6-5-10-18-16(14)13-15/h5-8,10,13,17H,2-4,9,11-12H2,1H3. The zero-order chi connectivity index (χ0) is 13.3. The number of hydrogen-bond donors (Lipinski definition) is 1. The Bertz CT molecular complexity index is 499. The van der Waals surface area contributed by atoms with Crippen molar-refractivity contribution in [2.24, 2.45) is 0 Å². The Kier molecular flexibility index (Phi) is 5.63. The highest BCUT2D eigenvalue weighted by Gasteiger charge is 1.97. The first-order chi connectivity index (χ1) is 9.40. The van der Waals surface area contributed by atoms with Crippen LogP contribution in [0.3, 0.4) is 0 Å². The highest BCUT2D eigenvalue weighted by atomic mass is 16.5. The zero-order valence-corrected chi connectivity index (χ0v) is 11.6. The van der Waals surface area contributed by atoms with Crippen molar-refractivity contribution in [3.05, 3.63) is 36.5 Å². The third kappa shape index (κ3) is 4.52. The van der Waals surface area contributed by atoms with Crippen LogP contribution in [0, 0.1) is 0 Å². The van der Waals surface area contributed by atoms with Gasteiger partial charge in [-0.05, 0) is 31.2 Å². The highest BCUT2D eigenvalue weighted by molar-refractivity contribution is 5.79. The number of fused-ring (bicyclic) bond motifs is 1. The van der Waals surface area contributed by atoms with E-state index < -0.39 is 0 Å². The van der Waals surface area contributed by atoms with E-state index in [0.717, 1.165) is 29.7 Å². The van der Waals surface area contributed by atoms with Crippen molar-refractivity contribution >= 4 is 10.9 Å². The lowest BCUT2D eigenvalue weighted by atomic mass is 10.2. The number of nitrogens with zero attached hydrogens (tertiary/aromatic N) is 1. The van der Waals surface area contributed by atoms with Crippen LogP contribution in [0.1, 0.15) is 26.2 Å². The van der Waals surface area contributed by atoms with Gasteiger partial charge in [-0.25, -0.2) is 0 Å². The van der Waals surface area contributed by atoms with Crippen molar-refractivity contribution in [3.8, 4) is 5.75 Å². The lowest BCUT2D eigenvalue weighted by Crippen LogP contribution is -2.22. The Morgan fingerprint density at radius 3 is 3.00 bits per heavy atom. The minimum atomic E-state index is 0.699. The number of unbranched alkanes of at least 4 members (excludes halogenated alkanes) is 2. The van der Waals surface area contributed by atoms with Gasteiger partial charge in [-0.1, -0.05) is 25.8 Å². The maximum atomic E-state index is 5.72. The van der Waals surface area contributed by atoms with Crippen LogP contribution in [0.2, 0.25) is 0 Å². The average Bonchev–Trinajstić information content (AvgIpc) is 2.46. The molecule has 0 amide bonds. The summed E-state index contributed by atoms with van der Waals surface area (Å²) in [7, 11) is 0. The molecule has 2 aromatic rings. The van der Waals surface area contributed by atoms with Crippen LogP contribution in [0.25, 0.3) is 10.9 Å². The van der Waals surface area contributed by atoms with Crippen LogP contribution < -0.4 is 10.1 Å². The molecule has 0 bridgehead atoms. The molecule has 3 nitrogen and oxygen atoms in total. The molecule has 0 saturated heterocycles. The first kappa shape index (κ1) is 13.8. The van der Waals surface area contributed by atoms with Crippen molar-refractivity contribution in [1.29, 1.82) is 0 Å². The van der Waals surface area contributed by atoms with Crippen molar-refractivity contribution < 1.29 is 4.74 Å². The summed E-state index contributed by atoms with van der Waals surface area (Å²) in [6.07, 6.45) is 5.62. The van der Waals surface area contributed by atoms with E-state index in [9.17, 15) is 0 Å². The van der Waals surface area contributed by atoms with E-state index in [0.29, 0.717) is 6.61 Å². The molecule has 0 unspecified atom stereocenters. The minimum absolute atomic E-state index is 0.699. The Balaban J connectivity index is 1.72. The van der Waals surface area contributed by atoms with Gasteiger partial charge in [0.2, 0.25) is 0 Å². The fourth-order valence-electron chi connectivity index (χ4n) is 2.00. The molecule has 102 valence electrons. The Labute approximate surface area is 115 Å². The number of ether oxygens (including phenoxy) is 1. The van der Waals surface area contributed by atoms with Crippen LogP contribution in [-0.4, -0.2) is 24.7 Å². The predicted octanol–water partition coefficient (Wildman–Crippen LogP) is 3.39. The van der Waals surface area contributed by atoms with E-state index in [1.807, 2.05) is 24.3 Å². The number of rotatable bonds is 8. The average molecular weight is 258 g/mol. The molecule has 0 aliphatic heterocycles. The van der Waals surface area contributed by atoms with Crippen molar-refractivity contribution in [2.75, 3.05) is 19.7 Å². The molecule has 0 atom stereocenters. The topological polar surface area (TPSA) is 34.1 Å². The molecule has 0 aliphatic carbocycles. The van der Waals surface area contributed by atoms with Gasteiger partial charge < -0.3 is 10.1 Å². The molecular formula is C16H22N2O. The molecule has 1 aromatic heterocycles. The Hall–Kier alpha value is -1.61. The maximum Gasteiger partial charge on any atom is 0.121 e. The van der Waals surface area contributed by atoms with Gasteiger partial charge in [0.25, 0.3) is 0 Å². The summed E-state index contributed by atoms with van der Waals surface area (Å²) in [6, 6.07) is 10.0. The maximum absolute atomic E-state index is 5.72. The van der Waals surface area contributed by atoms with Crippen molar-refractivity contribution in [2.45, 2.75) is 26.2 Å². The largest absolute Gasteiger partial charge is 0.492 e. The van der Waals surface area contributed by atoms with Crippen LogP contribution in [0.15, 0.2) is 36.5 Å². The zero-order valence-electron chi connectivity index (χ0n) is 11.6. The minimum Gasteiger partial charge on any atom is -0.492 e. The summed E-state index contributed by atoms with van der Waals surface area (Å²) in [5.41, 5.74) is 0.982. The summed E-state index contributed by atoms with van der Waals surface area (Å²) in [6.45, 7) is 4.89. The van der Waals surface area contributed by atoms with E-state index in [-0.39, 0.29) is 0 Å². The number of hydrogen-bond acceptors (Lipinski definition) is 3. The second kappa shape index (κ2) is 7.74. The fraction of sp³-hybridized carbons (Fsp3) is 0.438. The van der Waals surface area contributed by atoms with Crippen LogP contribution in [-0.2, 0) is 0 Å². The summed E-state index contributed by atoms with van der Waals surface area (Å²) < 4.78 is 5.72. The molecule has 3 heteroatoms. The molecule has 0 aliphatic rings. The van der Waals surface area contributed by atoms with Gasteiger partial charge in [0.05, 0.1) is 5.52 Å². The normalized spacial score (nSPS) is 10.8. The SMILES string of the molecule is CCCCCNCCOc1ccc2cccnc2c1. The van der Waals surface area contributed by atoms with Gasteiger partial charge in [0.1, 0.15) is 12.4 Å². The molecule has 1 N–H and O–H groups in total. The number of benzene rings is 1. The third-order valence-corrected chi connectivity index (χ3v) is 3.08. The van der Waals surface area contributed by atoms with Gasteiger partial charge in [0, 0.05) is 24.2 Å². The summed E-state index contributed by atoms with van der Waals surface area (Å²) in [5.74, 6) is 0.890. The third-order valence-electron chi connectivity index (χ3n) is 3.08. The Morgan fingerprint density at radius 1 is 1.16 bits per heavy atom. The second-order valence-corrected chi connectivity index (χ2v) is 4.66. The molecule has 0 saturated carbocycles. The van der Waals surface area contributed by atoms with Gasteiger partial charge in [-0.3, -0.25) is 4.98 Å². The lowest BCUT2D eigenvalue weighted by molar-refractivity contribution is 0.314. The van der Waals surface area contributed by atoms with Crippen molar-refractivity contribution in [1.82, 2.24) is 10.3 Å². The molecule has 1 heterocycles. The van der Waals surface area contributed by atoms with Gasteiger partial charge in [-0.2, -0.15) is 0 Å². The second-order valence-electron chi connectivity index (χ2n) is 4.66. The quantitative estimate of drug-likeness (QED) is 0.737. The molecule has 1 aromatic carbocycles. The summed E-state index contributed by atoms with van der Waals surface area (Å²) in [4.78, 5) is 4.32. The number of pyridine rings is 1. The van der Waals surface area contributed by atoms with Crippen LogP contribution >= 0.6 is 0 Å². The van der Waals surface area contributed by atoms with E-state index in [4.69, 9.17) is 4.74 Å². The number of nitrogens with one attached hydrogen (secondary N) is 1. The smallest absolute Gasteiger partial charge is 0.121 e. The van der Waals surface area contributed by atoms with Crippen LogP contribution in [0.4, 0.5) is 0 Å². The van der Waals surface area contributed by atoms with E-state index in [1.54, 1.807) is 6.20 Å². The molecule has 2 rings (SSSR count). The van der Waals surface area contributed by atoms with E-state index in [2.05, 4.69) is 23.3 Å². The first-order valence-corrected chi connectivity index (χ1v) is 7.08. The highest BCUT2D eigenvalue weighted by Crippen LogP contribution is 2.18. The first-order valence-electron chi connectivity index (χ1n) is 7.08. The molecule has 0 radical (unpaired) electrons. The molecule has 0 spiro atoms. The predicted molar refractivity (Wildman–Crippen MR) is 79.6 cm³/mol. The molecule has 0 fully saturated rings. The van der Waals surface area contributed by atoms with Gasteiger partial charge in [0.15, 0.2) is 0 Å². The van der Waals surface area contributed by atoms with E-state index >= 15 is 0 Å². The fourth-order valence-corrected chi connectivity index (χ4v) is 2.00. The van der Waals surface area contributed by atoms with E-state index in [1.165, 1.54) is 19.3 Å². The van der Waals surface area contributed by atoms with Crippen molar-refractivity contribution in [3.63, 3.8) is 0 Å². The summed E-state index contributed by atoms with van der Waals surface area (Å²) in [5, 5.41) is 4.53. The molecular weight excluding hydrogens is 236 g/mol. The molecule has 19 heavy (non-hydrogen) atoms.